The third kappa shape index (κ3) is 1.95. The summed E-state index contributed by atoms with van der Waals surface area (Å²) in [7, 11) is 1.24. The number of pyridine rings is 1. The Morgan fingerprint density at radius 2 is 2.17 bits per heavy atom. The predicted molar refractivity (Wildman–Crippen MR) is 66.7 cm³/mol. The zero-order valence-electron chi connectivity index (χ0n) is 10.1. The standard InChI is InChI=1S/C13H13NO4/c1-7-4-3-5-9-11(7)12(16)8(13(17)14-9)6-10(15)18-2/h3-5H,6H2,1-2H3,(H2,14,16,17). The second kappa shape index (κ2) is 4.52. The second-order valence-electron chi connectivity index (χ2n) is 4.03. The molecule has 18 heavy (non-hydrogen) atoms. The highest BCUT2D eigenvalue weighted by atomic mass is 16.5. The molecule has 0 saturated heterocycles. The molecule has 1 heterocycles. The Hall–Kier alpha value is -2.30. The van der Waals surface area contributed by atoms with Crippen LogP contribution in [0.1, 0.15) is 11.1 Å². The number of hydrogen-bond acceptors (Lipinski definition) is 4. The lowest BCUT2D eigenvalue weighted by molar-refractivity contribution is -0.139. The average molecular weight is 247 g/mol. The highest BCUT2D eigenvalue weighted by Crippen LogP contribution is 2.27. The van der Waals surface area contributed by atoms with Gasteiger partial charge in [0.2, 0.25) is 0 Å². The van der Waals surface area contributed by atoms with E-state index >= 15 is 0 Å². The van der Waals surface area contributed by atoms with E-state index in [-0.39, 0.29) is 17.7 Å². The molecular formula is C13H13NO4. The van der Waals surface area contributed by atoms with Crippen LogP contribution >= 0.6 is 0 Å². The number of aromatic amines is 1. The number of carbonyl (C=O) groups excluding carboxylic acids is 1. The molecule has 1 aromatic carbocycles. The molecule has 0 atom stereocenters. The summed E-state index contributed by atoms with van der Waals surface area (Å²) in [6, 6.07) is 5.31. The number of ether oxygens (including phenoxy) is 1. The van der Waals surface area contributed by atoms with Crippen molar-refractivity contribution >= 4 is 16.9 Å². The van der Waals surface area contributed by atoms with Gasteiger partial charge in [-0.3, -0.25) is 9.59 Å². The summed E-state index contributed by atoms with van der Waals surface area (Å²) in [5, 5.41) is 10.7. The Balaban J connectivity index is 2.72. The summed E-state index contributed by atoms with van der Waals surface area (Å²) >= 11 is 0. The average Bonchev–Trinajstić information content (AvgIpc) is 2.33. The third-order valence-corrected chi connectivity index (χ3v) is 2.87. The van der Waals surface area contributed by atoms with E-state index in [0.717, 1.165) is 5.56 Å². The maximum absolute atomic E-state index is 11.8. The Kier molecular flexibility index (Phi) is 3.06. The number of aromatic hydroxyl groups is 1. The fraction of sp³-hybridized carbons (Fsp3) is 0.231. The van der Waals surface area contributed by atoms with E-state index in [0.29, 0.717) is 10.9 Å². The van der Waals surface area contributed by atoms with Gasteiger partial charge in [-0.15, -0.1) is 0 Å². The fourth-order valence-corrected chi connectivity index (χ4v) is 1.92. The molecule has 2 N–H and O–H groups in total. The van der Waals surface area contributed by atoms with Gasteiger partial charge in [-0.25, -0.2) is 0 Å². The SMILES string of the molecule is COC(=O)Cc1c(O)c2c(C)cccc2[nH]c1=O. The molecule has 0 radical (unpaired) electrons. The summed E-state index contributed by atoms with van der Waals surface area (Å²) in [6.07, 6.45) is -0.248. The van der Waals surface area contributed by atoms with E-state index in [1.807, 2.05) is 13.0 Å². The van der Waals surface area contributed by atoms with E-state index in [1.165, 1.54) is 7.11 Å². The second-order valence-corrected chi connectivity index (χ2v) is 4.03. The van der Waals surface area contributed by atoms with Crippen molar-refractivity contribution in [3.05, 3.63) is 39.7 Å². The number of benzene rings is 1. The van der Waals surface area contributed by atoms with Crippen LogP contribution in [-0.4, -0.2) is 23.2 Å². The Bertz CT molecular complexity index is 672. The molecule has 94 valence electrons. The lowest BCUT2D eigenvalue weighted by Gasteiger charge is -2.08. The largest absolute Gasteiger partial charge is 0.507 e. The number of rotatable bonds is 2. The first-order chi connectivity index (χ1) is 8.54. The number of H-pyrrole nitrogens is 1. The molecule has 2 aromatic rings. The molecule has 0 aliphatic heterocycles. The summed E-state index contributed by atoms with van der Waals surface area (Å²) in [5.41, 5.74) is 0.929. The number of aromatic nitrogens is 1. The molecule has 1 aromatic heterocycles. The first kappa shape index (κ1) is 12.2. The third-order valence-electron chi connectivity index (χ3n) is 2.87. The summed E-state index contributed by atoms with van der Waals surface area (Å²) in [5.74, 6) is -0.721. The molecular weight excluding hydrogens is 234 g/mol. The molecule has 0 aliphatic rings. The van der Waals surface area contributed by atoms with Gasteiger partial charge < -0.3 is 14.8 Å². The van der Waals surface area contributed by atoms with Crippen LogP contribution < -0.4 is 5.56 Å². The number of esters is 1. The van der Waals surface area contributed by atoms with Crippen LogP contribution in [0.5, 0.6) is 5.75 Å². The number of methoxy groups -OCH3 is 1. The van der Waals surface area contributed by atoms with Crippen LogP contribution in [0.25, 0.3) is 10.9 Å². The summed E-state index contributed by atoms with van der Waals surface area (Å²) < 4.78 is 4.50. The molecule has 0 aliphatic carbocycles. The van der Waals surface area contributed by atoms with Gasteiger partial charge in [-0.05, 0) is 18.6 Å². The maximum Gasteiger partial charge on any atom is 0.310 e. The van der Waals surface area contributed by atoms with Gasteiger partial charge in [-0.2, -0.15) is 0 Å². The molecule has 5 heteroatoms. The van der Waals surface area contributed by atoms with E-state index in [9.17, 15) is 14.7 Å². The maximum atomic E-state index is 11.8. The highest BCUT2D eigenvalue weighted by Gasteiger charge is 2.16. The van der Waals surface area contributed by atoms with Crippen molar-refractivity contribution in [1.82, 2.24) is 4.98 Å². The van der Waals surface area contributed by atoms with Crippen molar-refractivity contribution in [2.75, 3.05) is 7.11 Å². The van der Waals surface area contributed by atoms with Crippen LogP contribution in [0.3, 0.4) is 0 Å². The van der Waals surface area contributed by atoms with E-state index in [4.69, 9.17) is 0 Å². The lowest BCUT2D eigenvalue weighted by Crippen LogP contribution is -2.17. The molecule has 0 spiro atoms. The zero-order chi connectivity index (χ0) is 13.3. The smallest absolute Gasteiger partial charge is 0.310 e. The minimum absolute atomic E-state index is 0.0312. The van der Waals surface area contributed by atoms with E-state index < -0.39 is 11.5 Å². The monoisotopic (exact) mass is 247 g/mol. The molecule has 0 fully saturated rings. The number of hydrogen-bond donors (Lipinski definition) is 2. The zero-order valence-corrected chi connectivity index (χ0v) is 10.1. The van der Waals surface area contributed by atoms with Crippen LogP contribution in [0.4, 0.5) is 0 Å². The number of fused-ring (bicyclic) bond motifs is 1. The Morgan fingerprint density at radius 3 is 2.83 bits per heavy atom. The number of carbonyl (C=O) groups is 1. The fourth-order valence-electron chi connectivity index (χ4n) is 1.92. The minimum atomic E-state index is -0.566. The first-order valence-corrected chi connectivity index (χ1v) is 5.45. The van der Waals surface area contributed by atoms with Crippen LogP contribution in [0.15, 0.2) is 23.0 Å². The van der Waals surface area contributed by atoms with Crippen molar-refractivity contribution < 1.29 is 14.6 Å². The van der Waals surface area contributed by atoms with Crippen molar-refractivity contribution in [3.63, 3.8) is 0 Å². The van der Waals surface area contributed by atoms with Gasteiger partial charge in [0.05, 0.1) is 24.6 Å². The van der Waals surface area contributed by atoms with Gasteiger partial charge in [0, 0.05) is 5.39 Å². The normalized spacial score (nSPS) is 10.6. The van der Waals surface area contributed by atoms with Crippen molar-refractivity contribution in [2.24, 2.45) is 0 Å². The molecule has 0 amide bonds. The predicted octanol–water partition coefficient (Wildman–Crippen LogP) is 1.26. The molecule has 0 unspecified atom stereocenters. The van der Waals surface area contributed by atoms with Gasteiger partial charge in [-0.1, -0.05) is 12.1 Å². The van der Waals surface area contributed by atoms with Gasteiger partial charge in [0.1, 0.15) is 5.75 Å². The van der Waals surface area contributed by atoms with E-state index in [1.54, 1.807) is 12.1 Å². The van der Waals surface area contributed by atoms with Crippen molar-refractivity contribution in [2.45, 2.75) is 13.3 Å². The Labute approximate surface area is 103 Å². The Morgan fingerprint density at radius 1 is 1.44 bits per heavy atom. The molecule has 2 rings (SSSR count). The first-order valence-electron chi connectivity index (χ1n) is 5.45. The van der Waals surface area contributed by atoms with Crippen LogP contribution in [0.2, 0.25) is 0 Å². The molecule has 0 saturated carbocycles. The van der Waals surface area contributed by atoms with Crippen LogP contribution in [-0.2, 0) is 16.0 Å². The molecule has 0 bridgehead atoms. The van der Waals surface area contributed by atoms with Gasteiger partial charge >= 0.3 is 5.97 Å². The number of aryl methyl sites for hydroxylation is 1. The minimum Gasteiger partial charge on any atom is -0.507 e. The molecule has 5 nitrogen and oxygen atoms in total. The highest BCUT2D eigenvalue weighted by molar-refractivity contribution is 5.90. The quantitative estimate of drug-likeness (QED) is 0.783. The summed E-state index contributed by atoms with van der Waals surface area (Å²) in [6.45, 7) is 1.82. The number of nitrogens with one attached hydrogen (secondary N) is 1. The summed E-state index contributed by atoms with van der Waals surface area (Å²) in [4.78, 5) is 25.7. The van der Waals surface area contributed by atoms with Crippen molar-refractivity contribution in [3.8, 4) is 5.75 Å². The van der Waals surface area contributed by atoms with Crippen molar-refractivity contribution in [1.29, 1.82) is 0 Å². The van der Waals surface area contributed by atoms with Crippen LogP contribution in [0, 0.1) is 6.92 Å². The van der Waals surface area contributed by atoms with Gasteiger partial charge in [0.25, 0.3) is 5.56 Å². The lowest BCUT2D eigenvalue weighted by atomic mass is 10.0. The van der Waals surface area contributed by atoms with E-state index in [2.05, 4.69) is 9.72 Å². The topological polar surface area (TPSA) is 79.4 Å². The van der Waals surface area contributed by atoms with Gasteiger partial charge in [0.15, 0.2) is 0 Å².